The van der Waals surface area contributed by atoms with E-state index in [2.05, 4.69) is 42.5 Å². The fraction of sp³-hybridized carbons (Fsp3) is 0.778. The molecule has 3 heterocycles. The van der Waals surface area contributed by atoms with Gasteiger partial charge in [-0.2, -0.15) is 0 Å². The maximum absolute atomic E-state index is 14.0. The SMILES string of the molecule is CC(C)C[C@H](NC(=O)[C@@H](NC(=O)[C@@H](NC(=O)[C@@H](NC(=O)[C@@H](NC(=O)[C@@H]1CCCN1C(=O)[C@H](CO)NC(=O)[C@@H]1CCCN1)C(C)C)C(C)C)C(C)C)[C@@H](C)O)C(=O)N1CCC[C@H]1C(=O)NCC(=O)O. The number of carboxylic acids is 1. The number of hydrogen-bond acceptors (Lipinski definition) is 13. The minimum Gasteiger partial charge on any atom is -0.480 e. The third-order valence-electron chi connectivity index (χ3n) is 12.4. The summed E-state index contributed by atoms with van der Waals surface area (Å²) in [5, 5.41) is 50.9. The molecule has 68 heavy (non-hydrogen) atoms. The fourth-order valence-electron chi connectivity index (χ4n) is 8.60. The second-order valence-corrected chi connectivity index (χ2v) is 19.5. The molecule has 3 rings (SSSR count). The Labute approximate surface area is 398 Å². The van der Waals surface area contributed by atoms with Crippen molar-refractivity contribution in [1.29, 1.82) is 0 Å². The largest absolute Gasteiger partial charge is 0.480 e. The van der Waals surface area contributed by atoms with E-state index in [1.807, 2.05) is 13.8 Å². The van der Waals surface area contributed by atoms with Crippen LogP contribution >= 0.6 is 0 Å². The van der Waals surface area contributed by atoms with Crippen molar-refractivity contribution in [3.63, 3.8) is 0 Å². The van der Waals surface area contributed by atoms with Crippen LogP contribution in [0, 0.1) is 23.7 Å². The Morgan fingerprint density at radius 1 is 0.559 bits per heavy atom. The summed E-state index contributed by atoms with van der Waals surface area (Å²) < 4.78 is 0. The Morgan fingerprint density at radius 3 is 1.44 bits per heavy atom. The average Bonchev–Trinajstić information content (AvgIpc) is 4.08. The molecule has 0 aromatic rings. The summed E-state index contributed by atoms with van der Waals surface area (Å²) in [4.78, 5) is 136. The van der Waals surface area contributed by atoms with Gasteiger partial charge in [-0.1, -0.05) is 55.4 Å². The van der Waals surface area contributed by atoms with Gasteiger partial charge in [-0.25, -0.2) is 0 Å². The van der Waals surface area contributed by atoms with E-state index in [1.165, 1.54) is 16.7 Å². The predicted molar refractivity (Wildman–Crippen MR) is 245 cm³/mol. The zero-order valence-electron chi connectivity index (χ0n) is 40.9. The lowest BCUT2D eigenvalue weighted by Gasteiger charge is -2.32. The number of rotatable bonds is 24. The predicted octanol–water partition coefficient (Wildman–Crippen LogP) is -2.78. The molecular formula is C45H76N10O13. The highest BCUT2D eigenvalue weighted by Gasteiger charge is 2.42. The van der Waals surface area contributed by atoms with Gasteiger partial charge in [-0.15, -0.1) is 0 Å². The van der Waals surface area contributed by atoms with Crippen LogP contribution in [0.15, 0.2) is 0 Å². The average molecular weight is 965 g/mol. The van der Waals surface area contributed by atoms with Crippen molar-refractivity contribution in [2.45, 2.75) is 168 Å². The molecule has 11 N–H and O–H groups in total. The van der Waals surface area contributed by atoms with E-state index < -0.39 is 151 Å². The van der Waals surface area contributed by atoms with Crippen LogP contribution < -0.4 is 42.5 Å². The number of nitrogens with one attached hydrogen (secondary N) is 8. The highest BCUT2D eigenvalue weighted by Crippen LogP contribution is 2.22. The standard InChI is InChI=1S/C45H76N10O13/c1-22(2)19-28(44(67)54-17-11-14-30(54)38(61)47-20-32(58)59)48-43(66)36(26(9)57)53-42(65)35(25(7)8)52-41(64)34(24(5)6)51-40(63)33(23(3)4)50-39(62)31-15-12-18-55(31)45(68)29(21-56)49-37(60)27-13-10-16-46-27/h22-31,33-36,46,56-57H,10-21H2,1-9H3,(H,47,61)(H,48,66)(H,49,60)(H,50,62)(H,51,63)(H,52,64)(H,53,65)(H,58,59)/t26-,27+,28+,29+,30+,31+,33+,34+,35+,36+/m1/s1. The second kappa shape index (κ2) is 26.4. The lowest BCUT2D eigenvalue weighted by atomic mass is 9.97. The minimum absolute atomic E-state index is 0.128. The Balaban J connectivity index is 1.71. The molecule has 3 saturated heterocycles. The smallest absolute Gasteiger partial charge is 0.322 e. The zero-order valence-corrected chi connectivity index (χ0v) is 40.9. The first-order valence-corrected chi connectivity index (χ1v) is 23.8. The highest BCUT2D eigenvalue weighted by molar-refractivity contribution is 5.99. The number of hydrogen-bond donors (Lipinski definition) is 11. The number of likely N-dealkylation sites (tertiary alicyclic amines) is 2. The normalized spacial score (nSPS) is 21.3. The topological polar surface area (TPSA) is 334 Å². The molecule has 0 spiro atoms. The van der Waals surface area contributed by atoms with Crippen molar-refractivity contribution in [3.05, 3.63) is 0 Å². The number of aliphatic carboxylic acids is 1. The number of aliphatic hydroxyl groups is 2. The molecule has 0 unspecified atom stereocenters. The summed E-state index contributed by atoms with van der Waals surface area (Å²) in [5.74, 6) is -9.21. The van der Waals surface area contributed by atoms with E-state index in [9.17, 15) is 58.2 Å². The van der Waals surface area contributed by atoms with E-state index >= 15 is 0 Å². The molecular weight excluding hydrogens is 889 g/mol. The molecule has 23 nitrogen and oxygen atoms in total. The van der Waals surface area contributed by atoms with Crippen molar-refractivity contribution in [3.8, 4) is 0 Å². The van der Waals surface area contributed by atoms with Gasteiger partial charge in [0.05, 0.1) is 18.8 Å². The molecule has 384 valence electrons. The van der Waals surface area contributed by atoms with Crippen molar-refractivity contribution >= 4 is 59.1 Å². The fourth-order valence-corrected chi connectivity index (χ4v) is 8.60. The molecule has 0 aromatic heterocycles. The molecule has 3 aliphatic rings. The number of nitrogens with zero attached hydrogens (tertiary/aromatic N) is 2. The molecule has 0 saturated carbocycles. The van der Waals surface area contributed by atoms with Gasteiger partial charge in [-0.3, -0.25) is 47.9 Å². The second-order valence-electron chi connectivity index (χ2n) is 19.5. The summed E-state index contributed by atoms with van der Waals surface area (Å²) in [6.07, 6.45) is 1.48. The summed E-state index contributed by atoms with van der Waals surface area (Å²) in [5.41, 5.74) is 0. The molecule has 10 atom stereocenters. The van der Waals surface area contributed by atoms with E-state index in [0.717, 1.165) is 6.42 Å². The molecule has 0 aliphatic carbocycles. The monoisotopic (exact) mass is 965 g/mol. The highest BCUT2D eigenvalue weighted by atomic mass is 16.4. The van der Waals surface area contributed by atoms with Crippen LogP contribution in [-0.4, -0.2) is 178 Å². The third-order valence-corrected chi connectivity index (χ3v) is 12.4. The number of carboxylic acid groups (broad SMARTS) is 1. The molecule has 9 amide bonds. The number of carbonyl (C=O) groups is 10. The maximum Gasteiger partial charge on any atom is 0.322 e. The summed E-state index contributed by atoms with van der Waals surface area (Å²) in [7, 11) is 0. The third kappa shape index (κ3) is 15.8. The maximum atomic E-state index is 14.0. The van der Waals surface area contributed by atoms with Crippen LogP contribution in [0.4, 0.5) is 0 Å². The molecule has 3 aliphatic heterocycles. The van der Waals surface area contributed by atoms with Crippen LogP contribution in [0.1, 0.15) is 107 Å². The van der Waals surface area contributed by atoms with Gasteiger partial charge in [0.15, 0.2) is 0 Å². The van der Waals surface area contributed by atoms with Gasteiger partial charge < -0.3 is 67.7 Å². The minimum atomic E-state index is -1.61. The van der Waals surface area contributed by atoms with Crippen LogP contribution in [0.3, 0.4) is 0 Å². The lowest BCUT2D eigenvalue weighted by Crippen LogP contribution is -2.63. The van der Waals surface area contributed by atoms with Crippen LogP contribution in [-0.2, 0) is 47.9 Å². The van der Waals surface area contributed by atoms with E-state index in [1.54, 1.807) is 41.5 Å². The van der Waals surface area contributed by atoms with Crippen molar-refractivity contribution in [1.82, 2.24) is 52.3 Å². The summed E-state index contributed by atoms with van der Waals surface area (Å²) >= 11 is 0. The van der Waals surface area contributed by atoms with Gasteiger partial charge in [0.2, 0.25) is 53.2 Å². The number of carbonyl (C=O) groups excluding carboxylic acids is 9. The number of aliphatic hydroxyl groups excluding tert-OH is 2. The van der Waals surface area contributed by atoms with Gasteiger partial charge in [-0.05, 0) is 82.1 Å². The van der Waals surface area contributed by atoms with Gasteiger partial charge >= 0.3 is 5.97 Å². The number of amides is 9. The van der Waals surface area contributed by atoms with E-state index in [0.29, 0.717) is 25.8 Å². The van der Waals surface area contributed by atoms with Crippen molar-refractivity contribution < 1.29 is 63.3 Å². The van der Waals surface area contributed by atoms with E-state index in [-0.39, 0.29) is 38.3 Å². The summed E-state index contributed by atoms with van der Waals surface area (Å²) in [6, 6.07) is -10.2. The molecule has 0 aromatic carbocycles. The first kappa shape index (κ1) is 56.9. The van der Waals surface area contributed by atoms with E-state index in [4.69, 9.17) is 5.11 Å². The first-order chi connectivity index (χ1) is 31.9. The van der Waals surface area contributed by atoms with Crippen molar-refractivity contribution in [2.75, 3.05) is 32.8 Å². The van der Waals surface area contributed by atoms with Gasteiger partial charge in [0.25, 0.3) is 0 Å². The Hall–Kier alpha value is -5.42. The molecule has 0 radical (unpaired) electrons. The molecule has 0 bridgehead atoms. The van der Waals surface area contributed by atoms with Gasteiger partial charge in [0, 0.05) is 13.1 Å². The first-order valence-electron chi connectivity index (χ1n) is 23.8. The molecule has 23 heteroatoms. The molecule has 3 fully saturated rings. The summed E-state index contributed by atoms with van der Waals surface area (Å²) in [6.45, 7) is 14.5. The Bertz CT molecular complexity index is 1820. The Morgan fingerprint density at radius 2 is 1.01 bits per heavy atom. The quantitative estimate of drug-likeness (QED) is 0.0467. The van der Waals surface area contributed by atoms with Crippen LogP contribution in [0.5, 0.6) is 0 Å². The van der Waals surface area contributed by atoms with Crippen molar-refractivity contribution in [2.24, 2.45) is 23.7 Å². The van der Waals surface area contributed by atoms with Gasteiger partial charge in [0.1, 0.15) is 54.9 Å². The van der Waals surface area contributed by atoms with Crippen LogP contribution in [0.2, 0.25) is 0 Å². The van der Waals surface area contributed by atoms with Crippen LogP contribution in [0.25, 0.3) is 0 Å². The zero-order chi connectivity index (χ0) is 51.2. The Kier molecular flexibility index (Phi) is 22.1. The lowest BCUT2D eigenvalue weighted by molar-refractivity contribution is -0.143.